The van der Waals surface area contributed by atoms with E-state index >= 15 is 0 Å². The van der Waals surface area contributed by atoms with E-state index in [0.29, 0.717) is 5.56 Å². The molecular weight excluding hydrogens is 252 g/mol. The van der Waals surface area contributed by atoms with E-state index in [4.69, 9.17) is 0 Å². The molecule has 1 aromatic heterocycles. The highest BCUT2D eigenvalue weighted by molar-refractivity contribution is 6.06. The molecule has 1 aromatic rings. The minimum absolute atomic E-state index is 0.0265. The largest absolute Gasteiger partial charge is 0.358 e. The van der Waals surface area contributed by atoms with E-state index in [1.54, 1.807) is 6.92 Å². The smallest absolute Gasteiger partial charge is 0.277 e. The quantitative estimate of drug-likeness (QED) is 0.483. The van der Waals surface area contributed by atoms with Gasteiger partial charge in [-0.1, -0.05) is 0 Å². The fourth-order valence-corrected chi connectivity index (χ4v) is 1.84. The summed E-state index contributed by atoms with van der Waals surface area (Å²) in [6.07, 6.45) is 1.38. The van der Waals surface area contributed by atoms with Crippen LogP contribution in [0.2, 0.25) is 0 Å². The van der Waals surface area contributed by atoms with E-state index in [1.165, 1.54) is 19.3 Å². The number of rotatable bonds is 3. The lowest BCUT2D eigenvalue weighted by atomic mass is 10.2. The fraction of sp³-hybridized carbons (Fsp3) is 0.364. The Labute approximate surface area is 108 Å². The van der Waals surface area contributed by atoms with E-state index in [9.17, 15) is 19.7 Å². The number of nitro groups is 1. The van der Waals surface area contributed by atoms with Crippen LogP contribution < -0.4 is 5.32 Å². The number of aryl methyl sites for hydroxylation is 1. The number of nitrogens with one attached hydrogen (secondary N) is 1. The van der Waals surface area contributed by atoms with Crippen LogP contribution in [-0.2, 0) is 9.59 Å². The van der Waals surface area contributed by atoms with Gasteiger partial charge in [0.25, 0.3) is 11.6 Å². The summed E-state index contributed by atoms with van der Waals surface area (Å²) in [4.78, 5) is 38.3. The van der Waals surface area contributed by atoms with Crippen LogP contribution >= 0.6 is 0 Å². The number of likely N-dealkylation sites (N-methyl/N-ethyl adjacent to an activating group) is 1. The molecule has 8 nitrogen and oxygen atoms in total. The van der Waals surface area contributed by atoms with Gasteiger partial charge in [-0.15, -0.1) is 0 Å². The second-order valence-corrected chi connectivity index (χ2v) is 4.31. The van der Waals surface area contributed by atoms with Crippen LogP contribution in [0, 0.1) is 17.0 Å². The monoisotopic (exact) mass is 264 g/mol. The lowest BCUT2D eigenvalue weighted by Crippen LogP contribution is -2.32. The fourth-order valence-electron chi connectivity index (χ4n) is 1.84. The van der Waals surface area contributed by atoms with Gasteiger partial charge in [0.15, 0.2) is 0 Å². The zero-order chi connectivity index (χ0) is 14.2. The molecule has 0 aliphatic carbocycles. The van der Waals surface area contributed by atoms with E-state index in [0.717, 1.165) is 4.90 Å². The van der Waals surface area contributed by atoms with Crippen molar-refractivity contribution in [3.63, 3.8) is 0 Å². The predicted molar refractivity (Wildman–Crippen MR) is 65.4 cm³/mol. The number of aromatic nitrogens is 1. The van der Waals surface area contributed by atoms with Gasteiger partial charge in [0.05, 0.1) is 17.4 Å². The molecule has 2 amide bonds. The first-order valence-electron chi connectivity index (χ1n) is 5.58. The van der Waals surface area contributed by atoms with Crippen molar-refractivity contribution in [3.8, 4) is 0 Å². The van der Waals surface area contributed by atoms with Crippen molar-refractivity contribution < 1.29 is 14.5 Å². The van der Waals surface area contributed by atoms with Crippen molar-refractivity contribution >= 4 is 23.3 Å². The van der Waals surface area contributed by atoms with Crippen molar-refractivity contribution in [1.29, 1.82) is 0 Å². The Hall–Kier alpha value is -2.51. The molecule has 2 heterocycles. The molecule has 0 spiro atoms. The van der Waals surface area contributed by atoms with Crippen molar-refractivity contribution in [2.75, 3.05) is 12.4 Å². The molecule has 1 unspecified atom stereocenters. The minimum atomic E-state index is -0.715. The van der Waals surface area contributed by atoms with Crippen LogP contribution in [0.15, 0.2) is 12.3 Å². The molecule has 0 bridgehead atoms. The standard InChI is InChI=1S/C11H12N4O4/c1-6-5-12-9(4-8(6)15(18)19)13-7-3-10(16)14(2)11(7)17/h4-5,7H,3H2,1-2H3,(H,12,13). The Morgan fingerprint density at radius 3 is 2.74 bits per heavy atom. The summed E-state index contributed by atoms with van der Waals surface area (Å²) in [6, 6.07) is 0.540. The molecule has 2 rings (SSSR count). The minimum Gasteiger partial charge on any atom is -0.358 e. The number of anilines is 1. The summed E-state index contributed by atoms with van der Waals surface area (Å²) >= 11 is 0. The van der Waals surface area contributed by atoms with E-state index in [-0.39, 0.29) is 29.7 Å². The molecule has 0 aromatic carbocycles. The third-order valence-electron chi connectivity index (χ3n) is 2.98. The van der Waals surface area contributed by atoms with Crippen molar-refractivity contribution in [3.05, 3.63) is 27.9 Å². The van der Waals surface area contributed by atoms with Gasteiger partial charge in [-0.05, 0) is 6.92 Å². The number of pyridine rings is 1. The van der Waals surface area contributed by atoms with E-state index in [1.807, 2.05) is 0 Å². The van der Waals surface area contributed by atoms with Gasteiger partial charge in [0.1, 0.15) is 11.9 Å². The maximum Gasteiger partial charge on any atom is 0.277 e. The summed E-state index contributed by atoms with van der Waals surface area (Å²) < 4.78 is 0. The Balaban J connectivity index is 2.21. The van der Waals surface area contributed by atoms with Crippen molar-refractivity contribution in [2.45, 2.75) is 19.4 Å². The molecule has 1 aliphatic heterocycles. The van der Waals surface area contributed by atoms with Crippen LogP contribution in [0.25, 0.3) is 0 Å². The summed E-state index contributed by atoms with van der Waals surface area (Å²) in [7, 11) is 1.40. The molecule has 19 heavy (non-hydrogen) atoms. The normalized spacial score (nSPS) is 18.8. The zero-order valence-corrected chi connectivity index (χ0v) is 10.4. The summed E-state index contributed by atoms with van der Waals surface area (Å²) in [5.41, 5.74) is 0.351. The van der Waals surface area contributed by atoms with E-state index < -0.39 is 11.0 Å². The summed E-state index contributed by atoms with van der Waals surface area (Å²) in [5.74, 6) is -0.446. The number of likely N-dealkylation sites (tertiary alicyclic amines) is 1. The second-order valence-electron chi connectivity index (χ2n) is 4.31. The first-order chi connectivity index (χ1) is 8.90. The van der Waals surface area contributed by atoms with Gasteiger partial charge < -0.3 is 5.32 Å². The van der Waals surface area contributed by atoms with Crippen LogP contribution in [0.3, 0.4) is 0 Å². The van der Waals surface area contributed by atoms with E-state index in [2.05, 4.69) is 10.3 Å². The molecule has 1 N–H and O–H groups in total. The lowest BCUT2D eigenvalue weighted by Gasteiger charge is -2.11. The third-order valence-corrected chi connectivity index (χ3v) is 2.98. The van der Waals surface area contributed by atoms with Crippen LogP contribution in [0.4, 0.5) is 11.5 Å². The van der Waals surface area contributed by atoms with Crippen LogP contribution in [0.5, 0.6) is 0 Å². The van der Waals surface area contributed by atoms with Gasteiger partial charge in [0, 0.05) is 18.8 Å². The highest BCUT2D eigenvalue weighted by Gasteiger charge is 2.36. The lowest BCUT2D eigenvalue weighted by molar-refractivity contribution is -0.385. The zero-order valence-electron chi connectivity index (χ0n) is 10.4. The average Bonchev–Trinajstić information content (AvgIpc) is 2.59. The molecule has 100 valence electrons. The van der Waals surface area contributed by atoms with Gasteiger partial charge in [-0.3, -0.25) is 24.6 Å². The highest BCUT2D eigenvalue weighted by Crippen LogP contribution is 2.22. The number of hydrogen-bond donors (Lipinski definition) is 1. The van der Waals surface area contributed by atoms with Crippen molar-refractivity contribution in [1.82, 2.24) is 9.88 Å². The Kier molecular flexibility index (Phi) is 3.16. The predicted octanol–water partition coefficient (Wildman–Crippen LogP) is 0.467. The molecule has 1 fully saturated rings. The second kappa shape index (κ2) is 4.63. The summed E-state index contributed by atoms with van der Waals surface area (Å²) in [6.45, 7) is 1.58. The average molecular weight is 264 g/mol. The molecule has 8 heteroatoms. The number of carbonyl (C=O) groups excluding carboxylic acids is 2. The van der Waals surface area contributed by atoms with Gasteiger partial charge >= 0.3 is 0 Å². The van der Waals surface area contributed by atoms with Gasteiger partial charge in [0.2, 0.25) is 5.91 Å². The number of hydrogen-bond acceptors (Lipinski definition) is 6. The van der Waals surface area contributed by atoms with Crippen LogP contribution in [0.1, 0.15) is 12.0 Å². The summed E-state index contributed by atoms with van der Waals surface area (Å²) in [5, 5.41) is 13.5. The van der Waals surface area contributed by atoms with Gasteiger partial charge in [-0.2, -0.15) is 0 Å². The maximum atomic E-state index is 11.7. The first kappa shape index (κ1) is 12.9. The Bertz CT molecular complexity index is 572. The number of carbonyl (C=O) groups is 2. The number of imide groups is 1. The highest BCUT2D eigenvalue weighted by atomic mass is 16.6. The number of amides is 2. The molecule has 0 saturated carbocycles. The molecule has 1 aliphatic rings. The Morgan fingerprint density at radius 1 is 1.53 bits per heavy atom. The van der Waals surface area contributed by atoms with Crippen LogP contribution in [-0.4, -0.2) is 39.7 Å². The third kappa shape index (κ3) is 2.37. The number of nitrogens with zero attached hydrogens (tertiary/aromatic N) is 3. The molecular formula is C11H12N4O4. The topological polar surface area (TPSA) is 105 Å². The maximum absolute atomic E-state index is 11.7. The molecule has 0 radical (unpaired) electrons. The van der Waals surface area contributed by atoms with Crippen molar-refractivity contribution in [2.24, 2.45) is 0 Å². The Morgan fingerprint density at radius 2 is 2.21 bits per heavy atom. The SMILES string of the molecule is Cc1cnc(NC2CC(=O)N(C)C2=O)cc1[N+](=O)[O-]. The first-order valence-corrected chi connectivity index (χ1v) is 5.58. The molecule has 1 saturated heterocycles. The van der Waals surface area contributed by atoms with Gasteiger partial charge in [-0.25, -0.2) is 4.98 Å². The molecule has 1 atom stereocenters.